The predicted molar refractivity (Wildman–Crippen MR) is 64.3 cm³/mol. The lowest BCUT2D eigenvalue weighted by molar-refractivity contribution is 0.399. The minimum Gasteiger partial charge on any atom is -0.468 e. The van der Waals surface area contributed by atoms with Gasteiger partial charge in [-0.1, -0.05) is 0 Å². The van der Waals surface area contributed by atoms with Crippen molar-refractivity contribution in [1.82, 2.24) is 5.32 Å². The maximum Gasteiger partial charge on any atom is 0.160 e. The minimum atomic E-state index is -3.07. The lowest BCUT2D eigenvalue weighted by Crippen LogP contribution is -2.43. The first-order valence-corrected chi connectivity index (χ1v) is 7.85. The number of hydrogen-bond donors (Lipinski definition) is 1. The maximum absolute atomic E-state index is 12.3. The zero-order valence-electron chi connectivity index (χ0n) is 9.63. The Hall–Kier alpha value is -0.810. The molecule has 2 unspecified atom stereocenters. The highest BCUT2D eigenvalue weighted by atomic mass is 32.2. The molecule has 1 aromatic heterocycles. The van der Waals surface area contributed by atoms with Crippen LogP contribution in [0, 0.1) is 0 Å². The van der Waals surface area contributed by atoms with E-state index >= 15 is 0 Å². The summed E-state index contributed by atoms with van der Waals surface area (Å²) in [6, 6.07) is 4.28. The van der Waals surface area contributed by atoms with Gasteiger partial charge in [0.15, 0.2) is 9.84 Å². The summed E-state index contributed by atoms with van der Waals surface area (Å²) in [5.74, 6) is 0.597. The fourth-order valence-corrected chi connectivity index (χ4v) is 4.86. The van der Waals surface area contributed by atoms with Crippen molar-refractivity contribution in [2.75, 3.05) is 0 Å². The molecule has 2 atom stereocenters. The van der Waals surface area contributed by atoms with Gasteiger partial charge in [-0.25, -0.2) is 8.42 Å². The van der Waals surface area contributed by atoms with E-state index < -0.39 is 9.84 Å². The third kappa shape index (κ3) is 2.26. The lowest BCUT2D eigenvalue weighted by atomic mass is 10.1. The van der Waals surface area contributed by atoms with Crippen molar-refractivity contribution in [3.8, 4) is 0 Å². The molecule has 0 aromatic carbocycles. The fourth-order valence-electron chi connectivity index (χ4n) is 3.01. The van der Waals surface area contributed by atoms with E-state index in [-0.39, 0.29) is 11.0 Å². The number of furan rings is 1. The molecule has 1 aromatic rings. The molecule has 5 heteroatoms. The molecule has 0 aliphatic carbocycles. The summed E-state index contributed by atoms with van der Waals surface area (Å²) in [5.41, 5.74) is 0. The van der Waals surface area contributed by atoms with Crippen molar-refractivity contribution in [2.24, 2.45) is 0 Å². The van der Waals surface area contributed by atoms with E-state index in [4.69, 9.17) is 4.42 Å². The van der Waals surface area contributed by atoms with Gasteiger partial charge in [-0.05, 0) is 37.8 Å². The Bertz CT molecular complexity index is 468. The Morgan fingerprint density at radius 3 is 2.59 bits per heavy atom. The first-order valence-electron chi connectivity index (χ1n) is 6.13. The van der Waals surface area contributed by atoms with Gasteiger partial charge in [0.2, 0.25) is 0 Å². The largest absolute Gasteiger partial charge is 0.468 e. The van der Waals surface area contributed by atoms with Gasteiger partial charge in [0.05, 0.1) is 11.5 Å². The molecule has 0 amide bonds. The molecule has 2 aliphatic rings. The van der Waals surface area contributed by atoms with E-state index in [0.29, 0.717) is 17.8 Å². The number of rotatable bonds is 3. The van der Waals surface area contributed by atoms with E-state index in [2.05, 4.69) is 5.32 Å². The molecule has 17 heavy (non-hydrogen) atoms. The number of piperidine rings is 1. The Balaban J connectivity index is 1.74. The van der Waals surface area contributed by atoms with E-state index in [9.17, 15) is 8.42 Å². The molecular formula is C12H17NO3S. The zero-order chi connectivity index (χ0) is 11.9. The van der Waals surface area contributed by atoms with E-state index in [1.54, 1.807) is 12.1 Å². The van der Waals surface area contributed by atoms with Crippen molar-refractivity contribution < 1.29 is 12.8 Å². The van der Waals surface area contributed by atoms with Crippen LogP contribution in [0.1, 0.15) is 31.4 Å². The topological polar surface area (TPSA) is 59.3 Å². The molecule has 4 nitrogen and oxygen atoms in total. The third-order valence-corrected chi connectivity index (χ3v) is 5.95. The van der Waals surface area contributed by atoms with Crippen LogP contribution in [-0.2, 0) is 15.6 Å². The summed E-state index contributed by atoms with van der Waals surface area (Å²) >= 11 is 0. The third-order valence-electron chi connectivity index (χ3n) is 3.86. The van der Waals surface area contributed by atoms with Gasteiger partial charge in [-0.15, -0.1) is 0 Å². The minimum absolute atomic E-state index is 0.0457. The summed E-state index contributed by atoms with van der Waals surface area (Å²) in [6.07, 6.45) is 5.30. The highest BCUT2D eigenvalue weighted by Crippen LogP contribution is 2.31. The molecule has 0 radical (unpaired) electrons. The molecular weight excluding hydrogens is 238 g/mol. The highest BCUT2D eigenvalue weighted by Gasteiger charge is 2.39. The van der Waals surface area contributed by atoms with E-state index in [1.165, 1.54) is 6.26 Å². The Morgan fingerprint density at radius 2 is 2.00 bits per heavy atom. The van der Waals surface area contributed by atoms with Crippen LogP contribution in [0.25, 0.3) is 0 Å². The van der Waals surface area contributed by atoms with Gasteiger partial charge < -0.3 is 9.73 Å². The Kier molecular flexibility index (Phi) is 2.75. The van der Waals surface area contributed by atoms with Crippen molar-refractivity contribution in [1.29, 1.82) is 0 Å². The summed E-state index contributed by atoms with van der Waals surface area (Å²) < 4.78 is 29.7. The van der Waals surface area contributed by atoms with Gasteiger partial charge >= 0.3 is 0 Å². The van der Waals surface area contributed by atoms with Crippen LogP contribution in [0.15, 0.2) is 22.8 Å². The van der Waals surface area contributed by atoms with Crippen LogP contribution in [0.3, 0.4) is 0 Å². The zero-order valence-corrected chi connectivity index (χ0v) is 10.4. The predicted octanol–water partition coefficient (Wildman–Crippen LogP) is 1.48. The van der Waals surface area contributed by atoms with Crippen molar-refractivity contribution in [2.45, 2.75) is 48.8 Å². The van der Waals surface area contributed by atoms with Crippen molar-refractivity contribution >= 4 is 9.84 Å². The summed E-state index contributed by atoms with van der Waals surface area (Å²) in [5, 5.41) is 3.27. The summed E-state index contributed by atoms with van der Waals surface area (Å²) in [7, 11) is -3.07. The van der Waals surface area contributed by atoms with Crippen LogP contribution in [0.2, 0.25) is 0 Å². The molecule has 0 saturated carbocycles. The lowest BCUT2D eigenvalue weighted by Gasteiger charge is -2.28. The number of nitrogens with one attached hydrogen (secondary N) is 1. The van der Waals surface area contributed by atoms with Crippen molar-refractivity contribution in [3.63, 3.8) is 0 Å². The molecule has 2 bridgehead atoms. The Labute approximate surface area is 101 Å². The van der Waals surface area contributed by atoms with Crippen LogP contribution < -0.4 is 5.32 Å². The molecule has 94 valence electrons. The molecule has 2 saturated heterocycles. The first kappa shape index (κ1) is 11.3. The number of fused-ring (bicyclic) bond motifs is 2. The maximum atomic E-state index is 12.3. The van der Waals surface area contributed by atoms with Crippen LogP contribution in [0.4, 0.5) is 0 Å². The number of sulfone groups is 1. The normalized spacial score (nSPS) is 32.8. The SMILES string of the molecule is O=S(=O)(Cc1ccco1)C1CC2CCC(C1)N2. The smallest absolute Gasteiger partial charge is 0.160 e. The fraction of sp³-hybridized carbons (Fsp3) is 0.667. The first-order chi connectivity index (χ1) is 8.13. The summed E-state index contributed by atoms with van der Waals surface area (Å²) in [4.78, 5) is 0. The standard InChI is InChI=1S/C12H17NO3S/c14-17(15,8-11-2-1-5-16-11)12-6-9-3-4-10(7-12)13-9/h1-2,5,9-10,12-13H,3-4,6-8H2. The van der Waals surface area contributed by atoms with Crippen LogP contribution in [0.5, 0.6) is 0 Å². The average Bonchev–Trinajstić information content (AvgIpc) is 2.88. The van der Waals surface area contributed by atoms with Crippen LogP contribution >= 0.6 is 0 Å². The Morgan fingerprint density at radius 1 is 1.29 bits per heavy atom. The molecule has 2 aliphatic heterocycles. The number of hydrogen-bond acceptors (Lipinski definition) is 4. The van der Waals surface area contributed by atoms with Gasteiger partial charge in [-0.2, -0.15) is 0 Å². The molecule has 2 fully saturated rings. The van der Waals surface area contributed by atoms with Crippen LogP contribution in [-0.4, -0.2) is 25.8 Å². The molecule has 0 spiro atoms. The van der Waals surface area contributed by atoms with E-state index in [0.717, 1.165) is 25.7 Å². The van der Waals surface area contributed by atoms with Crippen molar-refractivity contribution in [3.05, 3.63) is 24.2 Å². The monoisotopic (exact) mass is 255 g/mol. The molecule has 1 N–H and O–H groups in total. The summed E-state index contributed by atoms with van der Waals surface area (Å²) in [6.45, 7) is 0. The van der Waals surface area contributed by atoms with Gasteiger partial charge in [0, 0.05) is 12.1 Å². The van der Waals surface area contributed by atoms with Gasteiger partial charge in [0.1, 0.15) is 11.5 Å². The second-order valence-electron chi connectivity index (χ2n) is 5.12. The molecule has 3 heterocycles. The second kappa shape index (κ2) is 4.14. The van der Waals surface area contributed by atoms with Gasteiger partial charge in [-0.3, -0.25) is 0 Å². The quantitative estimate of drug-likeness (QED) is 0.888. The van der Waals surface area contributed by atoms with Gasteiger partial charge in [0.25, 0.3) is 0 Å². The van der Waals surface area contributed by atoms with E-state index in [1.807, 2.05) is 0 Å². The molecule has 3 rings (SSSR count). The average molecular weight is 255 g/mol. The highest BCUT2D eigenvalue weighted by molar-refractivity contribution is 7.91. The second-order valence-corrected chi connectivity index (χ2v) is 7.40.